The Hall–Kier alpha value is -0.690. The summed E-state index contributed by atoms with van der Waals surface area (Å²) in [5.41, 5.74) is 1.20. The Morgan fingerprint density at radius 2 is 2.14 bits per heavy atom. The summed E-state index contributed by atoms with van der Waals surface area (Å²) in [6, 6.07) is 5.44. The normalized spacial score (nSPS) is 12.8. The lowest BCUT2D eigenvalue weighted by atomic mass is 9.99. The van der Waals surface area contributed by atoms with E-state index in [2.05, 4.69) is 13.8 Å². The molecule has 1 aromatic rings. The molecule has 1 atom stereocenters. The van der Waals surface area contributed by atoms with Gasteiger partial charge in [-0.25, -0.2) is 0 Å². The molecule has 14 heavy (non-hydrogen) atoms. The molecule has 78 valence electrons. The molecule has 0 aliphatic rings. The highest BCUT2D eigenvalue weighted by atomic mass is 35.5. The molecule has 0 amide bonds. The van der Waals surface area contributed by atoms with Gasteiger partial charge in [0, 0.05) is 0 Å². The van der Waals surface area contributed by atoms with Crippen LogP contribution >= 0.6 is 11.6 Å². The van der Waals surface area contributed by atoms with Crippen LogP contribution < -0.4 is 0 Å². The molecule has 1 N–H and O–H groups in total. The molecule has 1 rings (SSSR count). The van der Waals surface area contributed by atoms with E-state index < -0.39 is 0 Å². The van der Waals surface area contributed by atoms with Crippen molar-refractivity contribution in [3.63, 3.8) is 0 Å². The molecule has 0 aliphatic carbocycles. The molecule has 0 aromatic heterocycles. The van der Waals surface area contributed by atoms with Gasteiger partial charge in [0.1, 0.15) is 5.75 Å². The van der Waals surface area contributed by atoms with Crippen molar-refractivity contribution in [3.8, 4) is 5.75 Å². The minimum absolute atomic E-state index is 0.166. The van der Waals surface area contributed by atoms with Crippen molar-refractivity contribution >= 4 is 11.6 Å². The van der Waals surface area contributed by atoms with Crippen molar-refractivity contribution in [2.24, 2.45) is 5.92 Å². The van der Waals surface area contributed by atoms with E-state index >= 15 is 0 Å². The molecule has 0 bridgehead atoms. The van der Waals surface area contributed by atoms with Crippen LogP contribution in [0.1, 0.15) is 32.3 Å². The summed E-state index contributed by atoms with van der Waals surface area (Å²) in [7, 11) is 0. The fourth-order valence-corrected chi connectivity index (χ4v) is 1.53. The number of benzene rings is 1. The van der Waals surface area contributed by atoms with Crippen LogP contribution in [0.25, 0.3) is 0 Å². The Labute approximate surface area is 90.7 Å². The van der Waals surface area contributed by atoms with E-state index in [0.29, 0.717) is 5.02 Å². The third kappa shape index (κ3) is 3.22. The van der Waals surface area contributed by atoms with Crippen molar-refractivity contribution in [1.29, 1.82) is 0 Å². The van der Waals surface area contributed by atoms with Gasteiger partial charge in [0.05, 0.1) is 5.02 Å². The predicted molar refractivity (Wildman–Crippen MR) is 60.9 cm³/mol. The molecule has 0 saturated heterocycles. The number of phenolic OH excluding ortho intramolecular Hbond substituents is 1. The van der Waals surface area contributed by atoms with Crippen LogP contribution in [0.2, 0.25) is 5.02 Å². The van der Waals surface area contributed by atoms with Gasteiger partial charge >= 0.3 is 0 Å². The topological polar surface area (TPSA) is 20.2 Å². The van der Waals surface area contributed by atoms with Gasteiger partial charge in [-0.05, 0) is 36.5 Å². The van der Waals surface area contributed by atoms with Crippen LogP contribution in [0.3, 0.4) is 0 Å². The lowest BCUT2D eigenvalue weighted by molar-refractivity contribution is 0.475. The first-order valence-corrected chi connectivity index (χ1v) is 5.48. The molecule has 1 unspecified atom stereocenters. The standard InChI is InChI=1S/C12H17ClO/c1-3-9(2)4-5-10-6-7-12(14)11(13)8-10/h6-9,14H,3-5H2,1-2H3. The van der Waals surface area contributed by atoms with Crippen LogP contribution in [0.4, 0.5) is 0 Å². The zero-order chi connectivity index (χ0) is 10.6. The molecule has 2 heteroatoms. The van der Waals surface area contributed by atoms with Crippen LogP contribution in [-0.4, -0.2) is 5.11 Å². The fourth-order valence-electron chi connectivity index (χ4n) is 1.32. The molecule has 0 fully saturated rings. The molecule has 0 aliphatic heterocycles. The van der Waals surface area contributed by atoms with E-state index in [1.54, 1.807) is 6.07 Å². The molecular weight excluding hydrogens is 196 g/mol. The Morgan fingerprint density at radius 1 is 1.43 bits per heavy atom. The van der Waals surface area contributed by atoms with E-state index in [-0.39, 0.29) is 5.75 Å². The number of halogens is 1. The summed E-state index contributed by atoms with van der Waals surface area (Å²) >= 11 is 5.81. The zero-order valence-corrected chi connectivity index (χ0v) is 9.51. The van der Waals surface area contributed by atoms with Crippen molar-refractivity contribution in [2.45, 2.75) is 33.1 Å². The smallest absolute Gasteiger partial charge is 0.134 e. The zero-order valence-electron chi connectivity index (χ0n) is 8.76. The SMILES string of the molecule is CCC(C)CCc1ccc(O)c(Cl)c1. The lowest BCUT2D eigenvalue weighted by Gasteiger charge is -2.08. The highest BCUT2D eigenvalue weighted by Gasteiger charge is 2.02. The van der Waals surface area contributed by atoms with Crippen LogP contribution in [0.15, 0.2) is 18.2 Å². The Kier molecular flexibility index (Phi) is 4.27. The maximum Gasteiger partial charge on any atom is 0.134 e. The second-order valence-electron chi connectivity index (χ2n) is 3.84. The van der Waals surface area contributed by atoms with Crippen LogP contribution in [0, 0.1) is 5.92 Å². The number of phenols is 1. The Bertz CT molecular complexity index is 296. The summed E-state index contributed by atoms with van der Waals surface area (Å²) in [6.45, 7) is 4.45. The molecule has 1 aromatic carbocycles. The number of aromatic hydroxyl groups is 1. The summed E-state index contributed by atoms with van der Waals surface area (Å²) in [6.07, 6.45) is 3.43. The average molecular weight is 213 g/mol. The van der Waals surface area contributed by atoms with Gasteiger partial charge in [-0.2, -0.15) is 0 Å². The summed E-state index contributed by atoms with van der Waals surface area (Å²) in [5, 5.41) is 9.69. The number of hydrogen-bond donors (Lipinski definition) is 1. The van der Waals surface area contributed by atoms with E-state index in [4.69, 9.17) is 11.6 Å². The van der Waals surface area contributed by atoms with Gasteiger partial charge in [-0.1, -0.05) is 37.9 Å². The lowest BCUT2D eigenvalue weighted by Crippen LogP contribution is -1.95. The number of aryl methyl sites for hydroxylation is 1. The summed E-state index contributed by atoms with van der Waals surface area (Å²) in [5.74, 6) is 0.918. The van der Waals surface area contributed by atoms with Crippen molar-refractivity contribution < 1.29 is 5.11 Å². The second-order valence-corrected chi connectivity index (χ2v) is 4.25. The van der Waals surface area contributed by atoms with Crippen molar-refractivity contribution in [3.05, 3.63) is 28.8 Å². The molecule has 0 radical (unpaired) electrons. The maximum absolute atomic E-state index is 9.24. The first-order chi connectivity index (χ1) is 6.63. The van der Waals surface area contributed by atoms with Crippen molar-refractivity contribution in [1.82, 2.24) is 0 Å². The van der Waals surface area contributed by atoms with E-state index in [9.17, 15) is 5.11 Å². The number of rotatable bonds is 4. The first-order valence-electron chi connectivity index (χ1n) is 5.11. The minimum atomic E-state index is 0.166. The van der Waals surface area contributed by atoms with E-state index in [0.717, 1.165) is 12.3 Å². The largest absolute Gasteiger partial charge is 0.506 e. The molecular formula is C12H17ClO. The van der Waals surface area contributed by atoms with Gasteiger partial charge in [-0.3, -0.25) is 0 Å². The van der Waals surface area contributed by atoms with Gasteiger partial charge in [0.15, 0.2) is 0 Å². The van der Waals surface area contributed by atoms with Gasteiger partial charge in [-0.15, -0.1) is 0 Å². The molecule has 1 nitrogen and oxygen atoms in total. The Balaban J connectivity index is 2.55. The monoisotopic (exact) mass is 212 g/mol. The van der Waals surface area contributed by atoms with Gasteiger partial charge in [0.25, 0.3) is 0 Å². The fraction of sp³-hybridized carbons (Fsp3) is 0.500. The third-order valence-electron chi connectivity index (χ3n) is 2.63. The highest BCUT2D eigenvalue weighted by molar-refractivity contribution is 6.32. The maximum atomic E-state index is 9.24. The molecule has 0 saturated carbocycles. The third-order valence-corrected chi connectivity index (χ3v) is 2.94. The Morgan fingerprint density at radius 3 is 2.71 bits per heavy atom. The minimum Gasteiger partial charge on any atom is -0.506 e. The molecule has 0 spiro atoms. The second kappa shape index (κ2) is 5.26. The quantitative estimate of drug-likeness (QED) is 0.799. The van der Waals surface area contributed by atoms with E-state index in [1.165, 1.54) is 18.4 Å². The predicted octanol–water partition coefficient (Wildman–Crippen LogP) is 4.02. The van der Waals surface area contributed by atoms with E-state index in [1.807, 2.05) is 12.1 Å². The molecule has 0 heterocycles. The average Bonchev–Trinajstić information content (AvgIpc) is 2.19. The van der Waals surface area contributed by atoms with Crippen molar-refractivity contribution in [2.75, 3.05) is 0 Å². The van der Waals surface area contributed by atoms with Gasteiger partial charge < -0.3 is 5.11 Å². The van der Waals surface area contributed by atoms with Crippen LogP contribution in [0.5, 0.6) is 5.75 Å². The summed E-state index contributed by atoms with van der Waals surface area (Å²) < 4.78 is 0. The first kappa shape index (κ1) is 11.4. The van der Waals surface area contributed by atoms with Crippen LogP contribution in [-0.2, 0) is 6.42 Å². The highest BCUT2D eigenvalue weighted by Crippen LogP contribution is 2.24. The van der Waals surface area contributed by atoms with Gasteiger partial charge in [0.2, 0.25) is 0 Å². The summed E-state index contributed by atoms with van der Waals surface area (Å²) in [4.78, 5) is 0. The number of hydrogen-bond acceptors (Lipinski definition) is 1.